The van der Waals surface area contributed by atoms with Crippen LogP contribution < -0.4 is 5.32 Å². The van der Waals surface area contributed by atoms with Gasteiger partial charge in [-0.1, -0.05) is 13.3 Å². The number of hydrogen-bond donors (Lipinski definition) is 2. The lowest BCUT2D eigenvalue weighted by atomic mass is 10.1. The van der Waals surface area contributed by atoms with Crippen LogP contribution in [0.4, 0.5) is 0 Å². The standard InChI is InChI=1S/C11H21NO4/c1-3-5-9(8-11(14)15)12-10(13)6-7-16-4-2/h9H,3-8H2,1-2H3,(H,12,13)(H,14,15). The molecule has 0 saturated carbocycles. The van der Waals surface area contributed by atoms with Gasteiger partial charge < -0.3 is 15.2 Å². The highest BCUT2D eigenvalue weighted by molar-refractivity contribution is 5.77. The first-order valence-corrected chi connectivity index (χ1v) is 5.69. The Morgan fingerprint density at radius 1 is 1.38 bits per heavy atom. The zero-order valence-electron chi connectivity index (χ0n) is 9.99. The second-order valence-electron chi connectivity index (χ2n) is 3.60. The van der Waals surface area contributed by atoms with E-state index in [1.165, 1.54) is 0 Å². The molecule has 0 saturated heterocycles. The predicted molar refractivity (Wildman–Crippen MR) is 60.2 cm³/mol. The van der Waals surface area contributed by atoms with Crippen LogP contribution in [0.2, 0.25) is 0 Å². The zero-order valence-corrected chi connectivity index (χ0v) is 9.99. The molecule has 5 nitrogen and oxygen atoms in total. The Bertz CT molecular complexity index is 218. The van der Waals surface area contributed by atoms with Gasteiger partial charge in [-0.2, -0.15) is 0 Å². The van der Waals surface area contributed by atoms with Gasteiger partial charge >= 0.3 is 5.97 Å². The quantitative estimate of drug-likeness (QED) is 0.584. The molecule has 1 unspecified atom stereocenters. The van der Waals surface area contributed by atoms with Crippen molar-refractivity contribution in [3.8, 4) is 0 Å². The Labute approximate surface area is 96.2 Å². The summed E-state index contributed by atoms with van der Waals surface area (Å²) in [6.45, 7) is 4.79. The molecule has 0 heterocycles. The number of carbonyl (C=O) groups is 2. The van der Waals surface area contributed by atoms with Crippen LogP contribution in [-0.4, -0.2) is 36.2 Å². The molecule has 0 spiro atoms. The molecule has 5 heteroatoms. The van der Waals surface area contributed by atoms with E-state index in [1.54, 1.807) is 0 Å². The van der Waals surface area contributed by atoms with Gasteiger partial charge in [0, 0.05) is 19.1 Å². The largest absolute Gasteiger partial charge is 0.481 e. The van der Waals surface area contributed by atoms with Crippen LogP contribution in [0.25, 0.3) is 0 Å². The lowest BCUT2D eigenvalue weighted by molar-refractivity contribution is -0.137. The third-order valence-corrected chi connectivity index (χ3v) is 2.10. The van der Waals surface area contributed by atoms with Crippen LogP contribution in [0.15, 0.2) is 0 Å². The van der Waals surface area contributed by atoms with Crippen LogP contribution in [0.1, 0.15) is 39.5 Å². The van der Waals surface area contributed by atoms with Gasteiger partial charge in [-0.25, -0.2) is 0 Å². The number of carboxylic acid groups (broad SMARTS) is 1. The molecular weight excluding hydrogens is 210 g/mol. The first kappa shape index (κ1) is 14.9. The van der Waals surface area contributed by atoms with Crippen molar-refractivity contribution in [2.45, 2.75) is 45.6 Å². The molecule has 1 amide bonds. The van der Waals surface area contributed by atoms with E-state index < -0.39 is 5.97 Å². The van der Waals surface area contributed by atoms with E-state index in [1.807, 2.05) is 13.8 Å². The monoisotopic (exact) mass is 231 g/mol. The fourth-order valence-corrected chi connectivity index (χ4v) is 1.39. The molecule has 0 aliphatic heterocycles. The second kappa shape index (κ2) is 9.15. The Balaban J connectivity index is 3.87. The predicted octanol–water partition coefficient (Wildman–Crippen LogP) is 1.17. The lowest BCUT2D eigenvalue weighted by Crippen LogP contribution is -2.36. The van der Waals surface area contributed by atoms with Gasteiger partial charge in [-0.15, -0.1) is 0 Å². The lowest BCUT2D eigenvalue weighted by Gasteiger charge is -2.15. The number of rotatable bonds is 9. The molecule has 0 fully saturated rings. The SMILES string of the molecule is CCCC(CC(=O)O)NC(=O)CCOCC. The van der Waals surface area contributed by atoms with Crippen LogP contribution in [0.5, 0.6) is 0 Å². The van der Waals surface area contributed by atoms with Crippen LogP contribution in [-0.2, 0) is 14.3 Å². The Morgan fingerprint density at radius 3 is 2.56 bits per heavy atom. The van der Waals surface area contributed by atoms with Crippen molar-refractivity contribution >= 4 is 11.9 Å². The van der Waals surface area contributed by atoms with E-state index in [-0.39, 0.29) is 24.8 Å². The van der Waals surface area contributed by atoms with Gasteiger partial charge in [-0.05, 0) is 13.3 Å². The summed E-state index contributed by atoms with van der Waals surface area (Å²) in [4.78, 5) is 22.0. The van der Waals surface area contributed by atoms with Crippen molar-refractivity contribution in [1.82, 2.24) is 5.32 Å². The van der Waals surface area contributed by atoms with E-state index in [4.69, 9.17) is 9.84 Å². The zero-order chi connectivity index (χ0) is 12.4. The Hall–Kier alpha value is -1.10. The topological polar surface area (TPSA) is 75.6 Å². The summed E-state index contributed by atoms with van der Waals surface area (Å²) < 4.78 is 5.05. The molecule has 0 aromatic rings. The van der Waals surface area contributed by atoms with Gasteiger partial charge in [0.25, 0.3) is 0 Å². The minimum Gasteiger partial charge on any atom is -0.481 e. The normalized spacial score (nSPS) is 12.1. The van der Waals surface area contributed by atoms with E-state index >= 15 is 0 Å². The first-order chi connectivity index (χ1) is 7.60. The van der Waals surface area contributed by atoms with Crippen molar-refractivity contribution in [3.63, 3.8) is 0 Å². The summed E-state index contributed by atoms with van der Waals surface area (Å²) in [6, 6.07) is -0.267. The average molecular weight is 231 g/mol. The molecule has 0 aromatic carbocycles. The van der Waals surface area contributed by atoms with Gasteiger partial charge in [0.05, 0.1) is 13.0 Å². The maximum Gasteiger partial charge on any atom is 0.305 e. The Morgan fingerprint density at radius 2 is 2.06 bits per heavy atom. The third kappa shape index (κ3) is 8.23. The molecule has 94 valence electrons. The number of ether oxygens (including phenoxy) is 1. The molecule has 16 heavy (non-hydrogen) atoms. The van der Waals surface area contributed by atoms with E-state index in [0.29, 0.717) is 19.6 Å². The Kier molecular flexibility index (Phi) is 8.52. The molecule has 0 bridgehead atoms. The minimum absolute atomic E-state index is 0.0196. The number of hydrogen-bond acceptors (Lipinski definition) is 3. The summed E-state index contributed by atoms with van der Waals surface area (Å²) in [5.74, 6) is -1.03. The first-order valence-electron chi connectivity index (χ1n) is 5.69. The molecule has 0 aliphatic rings. The highest BCUT2D eigenvalue weighted by Crippen LogP contribution is 2.02. The van der Waals surface area contributed by atoms with Crippen LogP contribution in [0, 0.1) is 0 Å². The van der Waals surface area contributed by atoms with Crippen molar-refractivity contribution in [2.24, 2.45) is 0 Å². The van der Waals surface area contributed by atoms with Crippen molar-refractivity contribution < 1.29 is 19.4 Å². The van der Waals surface area contributed by atoms with E-state index in [0.717, 1.165) is 6.42 Å². The molecule has 1 atom stereocenters. The number of carboxylic acids is 1. The summed E-state index contributed by atoms with van der Waals surface area (Å²) in [7, 11) is 0. The van der Waals surface area contributed by atoms with Gasteiger partial charge in [-0.3, -0.25) is 9.59 Å². The molecule has 0 rings (SSSR count). The summed E-state index contributed by atoms with van der Waals surface area (Å²) in [5.41, 5.74) is 0. The average Bonchev–Trinajstić information content (AvgIpc) is 2.17. The second-order valence-corrected chi connectivity index (χ2v) is 3.60. The van der Waals surface area contributed by atoms with Gasteiger partial charge in [0.15, 0.2) is 0 Å². The summed E-state index contributed by atoms with van der Waals surface area (Å²) in [6.07, 6.45) is 1.80. The number of carbonyl (C=O) groups excluding carboxylic acids is 1. The van der Waals surface area contributed by atoms with Crippen molar-refractivity contribution in [2.75, 3.05) is 13.2 Å². The maximum atomic E-state index is 11.4. The molecule has 0 aromatic heterocycles. The van der Waals surface area contributed by atoms with Crippen LogP contribution in [0.3, 0.4) is 0 Å². The van der Waals surface area contributed by atoms with Gasteiger partial charge in [0.1, 0.15) is 0 Å². The molecule has 0 radical (unpaired) electrons. The minimum atomic E-state index is -0.886. The number of nitrogens with one attached hydrogen (secondary N) is 1. The van der Waals surface area contributed by atoms with E-state index in [2.05, 4.69) is 5.32 Å². The van der Waals surface area contributed by atoms with Gasteiger partial charge in [0.2, 0.25) is 5.91 Å². The number of aliphatic carboxylic acids is 1. The maximum absolute atomic E-state index is 11.4. The smallest absolute Gasteiger partial charge is 0.305 e. The summed E-state index contributed by atoms with van der Waals surface area (Å²) >= 11 is 0. The highest BCUT2D eigenvalue weighted by atomic mass is 16.5. The van der Waals surface area contributed by atoms with Crippen molar-refractivity contribution in [3.05, 3.63) is 0 Å². The number of amides is 1. The third-order valence-electron chi connectivity index (χ3n) is 2.10. The summed E-state index contributed by atoms with van der Waals surface area (Å²) in [5, 5.41) is 11.4. The molecular formula is C11H21NO4. The fourth-order valence-electron chi connectivity index (χ4n) is 1.39. The van der Waals surface area contributed by atoms with E-state index in [9.17, 15) is 9.59 Å². The highest BCUT2D eigenvalue weighted by Gasteiger charge is 2.14. The molecule has 2 N–H and O–H groups in total. The fraction of sp³-hybridized carbons (Fsp3) is 0.818. The molecule has 0 aliphatic carbocycles. The van der Waals surface area contributed by atoms with Crippen molar-refractivity contribution in [1.29, 1.82) is 0 Å². The van der Waals surface area contributed by atoms with Crippen LogP contribution >= 0.6 is 0 Å².